The van der Waals surface area contributed by atoms with Gasteiger partial charge in [0.15, 0.2) is 0 Å². The quantitative estimate of drug-likeness (QED) is 0.730. The number of nitrogens with zero attached hydrogens (tertiary/aromatic N) is 4. The fourth-order valence-corrected chi connectivity index (χ4v) is 4.57. The zero-order chi connectivity index (χ0) is 20.5. The highest BCUT2D eigenvalue weighted by Crippen LogP contribution is 2.30. The van der Waals surface area contributed by atoms with Gasteiger partial charge in [-0.2, -0.15) is 0 Å². The molecule has 2 aliphatic rings. The minimum atomic E-state index is -0.300. The molecule has 30 heavy (non-hydrogen) atoms. The summed E-state index contributed by atoms with van der Waals surface area (Å²) >= 11 is 0. The Labute approximate surface area is 176 Å². The molecule has 6 heteroatoms. The van der Waals surface area contributed by atoms with E-state index in [0.29, 0.717) is 32.5 Å². The predicted octanol–water partition coefficient (Wildman–Crippen LogP) is 2.79. The summed E-state index contributed by atoms with van der Waals surface area (Å²) in [7, 11) is 0. The number of carbonyl (C=O) groups excluding carboxylic acids is 1. The van der Waals surface area contributed by atoms with Gasteiger partial charge in [-0.25, -0.2) is 0 Å². The van der Waals surface area contributed by atoms with Crippen molar-refractivity contribution in [2.45, 2.75) is 38.5 Å². The molecule has 1 amide bonds. The summed E-state index contributed by atoms with van der Waals surface area (Å²) in [6, 6.07) is 13.9. The Balaban J connectivity index is 1.52. The van der Waals surface area contributed by atoms with Gasteiger partial charge < -0.3 is 10.0 Å². The first-order chi connectivity index (χ1) is 14.7. The predicted molar refractivity (Wildman–Crippen MR) is 115 cm³/mol. The number of aliphatic hydroxyl groups excluding tert-OH is 1. The molecule has 4 heterocycles. The number of benzene rings is 1. The molecular weight excluding hydrogens is 376 g/mol. The zero-order valence-corrected chi connectivity index (χ0v) is 17.0. The Morgan fingerprint density at radius 3 is 2.67 bits per heavy atom. The molecule has 0 spiro atoms. The zero-order valence-electron chi connectivity index (χ0n) is 17.0. The number of hydrogen-bond donors (Lipinski definition) is 1. The number of pyridine rings is 2. The molecule has 2 aromatic heterocycles. The average molecular weight is 402 g/mol. The van der Waals surface area contributed by atoms with Crippen molar-refractivity contribution in [3.05, 3.63) is 71.2 Å². The Bertz CT molecular complexity index is 1060. The third-order valence-corrected chi connectivity index (χ3v) is 6.20. The van der Waals surface area contributed by atoms with Crippen molar-refractivity contribution in [2.75, 3.05) is 19.6 Å². The summed E-state index contributed by atoms with van der Waals surface area (Å²) in [6.07, 6.45) is 3.63. The highest BCUT2D eigenvalue weighted by Gasteiger charge is 2.30. The molecule has 0 atom stereocenters. The Hall–Kier alpha value is -2.83. The number of piperidine rings is 1. The van der Waals surface area contributed by atoms with Gasteiger partial charge in [0.2, 0.25) is 0 Å². The SMILES string of the molecule is O=C(c1c2c(nc3ccccc13)CCN(Cc1ccccn1)C2)N1CCC(O)CC1. The maximum atomic E-state index is 13.6. The lowest BCUT2D eigenvalue weighted by Gasteiger charge is -2.33. The van der Waals surface area contributed by atoms with Gasteiger partial charge in [-0.15, -0.1) is 0 Å². The maximum absolute atomic E-state index is 13.6. The molecule has 1 fully saturated rings. The highest BCUT2D eigenvalue weighted by atomic mass is 16.3. The summed E-state index contributed by atoms with van der Waals surface area (Å²) < 4.78 is 0. The number of aliphatic hydroxyl groups is 1. The van der Waals surface area contributed by atoms with Crippen LogP contribution >= 0.6 is 0 Å². The van der Waals surface area contributed by atoms with Crippen LogP contribution in [0.4, 0.5) is 0 Å². The average Bonchev–Trinajstić information content (AvgIpc) is 2.78. The van der Waals surface area contributed by atoms with Crippen LogP contribution in [0, 0.1) is 0 Å². The topological polar surface area (TPSA) is 69.6 Å². The summed E-state index contributed by atoms with van der Waals surface area (Å²) in [6.45, 7) is 3.56. The number of para-hydroxylation sites is 1. The number of hydrogen-bond acceptors (Lipinski definition) is 5. The summed E-state index contributed by atoms with van der Waals surface area (Å²) in [5.41, 5.74) is 4.79. The lowest BCUT2D eigenvalue weighted by atomic mass is 9.94. The molecule has 1 saturated heterocycles. The van der Waals surface area contributed by atoms with Crippen molar-refractivity contribution in [3.8, 4) is 0 Å². The minimum Gasteiger partial charge on any atom is -0.393 e. The van der Waals surface area contributed by atoms with E-state index in [2.05, 4.69) is 9.88 Å². The first kappa shape index (κ1) is 19.2. The highest BCUT2D eigenvalue weighted by molar-refractivity contribution is 6.07. The molecule has 0 saturated carbocycles. The van der Waals surface area contributed by atoms with Crippen molar-refractivity contribution in [2.24, 2.45) is 0 Å². The Morgan fingerprint density at radius 2 is 1.87 bits per heavy atom. The van der Waals surface area contributed by atoms with E-state index in [0.717, 1.165) is 52.9 Å². The molecular formula is C24H26N4O2. The summed E-state index contributed by atoms with van der Waals surface area (Å²) in [5, 5.41) is 10.8. The van der Waals surface area contributed by atoms with Gasteiger partial charge in [0.1, 0.15) is 0 Å². The lowest BCUT2D eigenvalue weighted by Crippen LogP contribution is -2.41. The molecule has 1 aromatic carbocycles. The van der Waals surface area contributed by atoms with Crippen molar-refractivity contribution in [1.29, 1.82) is 0 Å². The van der Waals surface area contributed by atoms with Crippen LogP contribution in [0.1, 0.15) is 40.2 Å². The van der Waals surface area contributed by atoms with E-state index >= 15 is 0 Å². The van der Waals surface area contributed by atoms with Crippen LogP contribution in [0.5, 0.6) is 0 Å². The van der Waals surface area contributed by atoms with Gasteiger partial charge >= 0.3 is 0 Å². The van der Waals surface area contributed by atoms with Gasteiger partial charge in [-0.05, 0) is 31.0 Å². The Kier molecular flexibility index (Phi) is 5.19. The molecule has 6 nitrogen and oxygen atoms in total. The van der Waals surface area contributed by atoms with Crippen molar-refractivity contribution < 1.29 is 9.90 Å². The number of fused-ring (bicyclic) bond motifs is 2. The van der Waals surface area contributed by atoms with Crippen molar-refractivity contribution in [1.82, 2.24) is 19.8 Å². The minimum absolute atomic E-state index is 0.0661. The normalized spacial score (nSPS) is 17.8. The van der Waals surface area contributed by atoms with Crippen molar-refractivity contribution >= 4 is 16.8 Å². The molecule has 0 bridgehead atoms. The molecule has 1 N–H and O–H groups in total. The molecule has 0 aliphatic carbocycles. The van der Waals surface area contributed by atoms with Gasteiger partial charge in [-0.1, -0.05) is 24.3 Å². The molecule has 154 valence electrons. The third kappa shape index (κ3) is 3.68. The summed E-state index contributed by atoms with van der Waals surface area (Å²) in [4.78, 5) is 27.2. The van der Waals surface area contributed by atoms with Gasteiger partial charge in [0.05, 0.1) is 22.9 Å². The van der Waals surface area contributed by atoms with E-state index in [9.17, 15) is 9.90 Å². The second kappa shape index (κ2) is 8.13. The van der Waals surface area contributed by atoms with E-state index in [1.807, 2.05) is 53.6 Å². The molecule has 0 radical (unpaired) electrons. The monoisotopic (exact) mass is 402 g/mol. The molecule has 0 unspecified atom stereocenters. The number of rotatable bonds is 3. The van der Waals surface area contributed by atoms with E-state index < -0.39 is 0 Å². The van der Waals surface area contributed by atoms with Crippen LogP contribution < -0.4 is 0 Å². The van der Waals surface area contributed by atoms with E-state index in [1.54, 1.807) is 0 Å². The number of amides is 1. The number of carbonyl (C=O) groups is 1. The lowest BCUT2D eigenvalue weighted by molar-refractivity contribution is 0.0545. The van der Waals surface area contributed by atoms with Crippen LogP contribution in [0.3, 0.4) is 0 Å². The fraction of sp³-hybridized carbons (Fsp3) is 0.375. The first-order valence-electron chi connectivity index (χ1n) is 10.7. The smallest absolute Gasteiger partial charge is 0.254 e. The first-order valence-corrected chi connectivity index (χ1v) is 10.7. The maximum Gasteiger partial charge on any atom is 0.254 e. The van der Waals surface area contributed by atoms with E-state index in [1.165, 1.54) is 0 Å². The second-order valence-electron chi connectivity index (χ2n) is 8.23. The van der Waals surface area contributed by atoms with Crippen LogP contribution in [-0.4, -0.2) is 56.5 Å². The number of likely N-dealkylation sites (tertiary alicyclic amines) is 1. The molecule has 5 rings (SSSR count). The molecule has 2 aliphatic heterocycles. The third-order valence-electron chi connectivity index (χ3n) is 6.20. The summed E-state index contributed by atoms with van der Waals surface area (Å²) in [5.74, 6) is 0.0661. The fourth-order valence-electron chi connectivity index (χ4n) is 4.57. The van der Waals surface area contributed by atoms with Crippen LogP contribution in [0.25, 0.3) is 10.9 Å². The van der Waals surface area contributed by atoms with E-state index in [-0.39, 0.29) is 12.0 Å². The van der Waals surface area contributed by atoms with Gasteiger partial charge in [0.25, 0.3) is 5.91 Å². The van der Waals surface area contributed by atoms with E-state index in [4.69, 9.17) is 4.98 Å². The largest absolute Gasteiger partial charge is 0.393 e. The Morgan fingerprint density at radius 1 is 1.07 bits per heavy atom. The van der Waals surface area contributed by atoms with Gasteiger partial charge in [0, 0.05) is 62.0 Å². The van der Waals surface area contributed by atoms with Crippen LogP contribution in [0.2, 0.25) is 0 Å². The molecule has 3 aromatic rings. The number of aromatic nitrogens is 2. The van der Waals surface area contributed by atoms with Gasteiger partial charge in [-0.3, -0.25) is 19.7 Å². The van der Waals surface area contributed by atoms with Crippen LogP contribution in [-0.2, 0) is 19.5 Å². The van der Waals surface area contributed by atoms with Crippen molar-refractivity contribution in [3.63, 3.8) is 0 Å². The second-order valence-corrected chi connectivity index (χ2v) is 8.23. The van der Waals surface area contributed by atoms with Crippen LogP contribution in [0.15, 0.2) is 48.7 Å². The standard InChI is InChI=1S/C24H26N4O2/c29-18-8-13-28(14-9-18)24(30)23-19-6-1-2-7-21(19)26-22-10-12-27(16-20(22)23)15-17-5-3-4-11-25-17/h1-7,11,18,29H,8-10,12-16H2.